The van der Waals surface area contributed by atoms with Gasteiger partial charge in [-0.1, -0.05) is 0 Å². The second-order valence-electron chi connectivity index (χ2n) is 7.47. The van der Waals surface area contributed by atoms with Gasteiger partial charge in [0, 0.05) is 13.1 Å². The molecule has 0 unspecified atom stereocenters. The Balaban J connectivity index is 1.30. The highest BCUT2D eigenvalue weighted by Gasteiger charge is 2.55. The summed E-state index contributed by atoms with van der Waals surface area (Å²) in [7, 11) is 0. The predicted molar refractivity (Wildman–Crippen MR) is 89.0 cm³/mol. The highest BCUT2D eigenvalue weighted by Crippen LogP contribution is 2.50. The Hall–Kier alpha value is -1.83. The first-order chi connectivity index (χ1) is 12.3. The first-order valence-electron chi connectivity index (χ1n) is 9.05. The molecule has 1 aromatic rings. The number of piperidine rings is 1. The lowest BCUT2D eigenvalue weighted by molar-refractivity contribution is -0.153. The van der Waals surface area contributed by atoms with E-state index in [1.807, 2.05) is 13.0 Å². The van der Waals surface area contributed by atoms with Crippen molar-refractivity contribution in [1.29, 1.82) is 0 Å². The van der Waals surface area contributed by atoms with Gasteiger partial charge in [0.1, 0.15) is 5.82 Å². The van der Waals surface area contributed by atoms with Gasteiger partial charge in [-0.15, -0.1) is 0 Å². The molecule has 1 amide bonds. The van der Waals surface area contributed by atoms with Crippen LogP contribution >= 0.6 is 0 Å². The first kappa shape index (κ1) is 17.6. The number of pyridine rings is 1. The minimum atomic E-state index is -4.08. The van der Waals surface area contributed by atoms with Crippen LogP contribution in [0.2, 0.25) is 0 Å². The molecule has 1 aliphatic carbocycles. The van der Waals surface area contributed by atoms with Gasteiger partial charge in [0.2, 0.25) is 0 Å². The number of aromatic nitrogens is 1. The summed E-state index contributed by atoms with van der Waals surface area (Å²) in [6.45, 7) is 4.13. The molecule has 3 aliphatic rings. The number of carbonyl (C=O) groups is 1. The maximum Gasteiger partial charge on any atom is 0.392 e. The van der Waals surface area contributed by atoms with Crippen LogP contribution in [0.4, 0.5) is 19.0 Å². The first-order valence-corrected chi connectivity index (χ1v) is 9.05. The van der Waals surface area contributed by atoms with Crippen molar-refractivity contribution >= 4 is 11.7 Å². The molecule has 0 aromatic carbocycles. The molecule has 142 valence electrons. The summed E-state index contributed by atoms with van der Waals surface area (Å²) in [5.41, 5.74) is 2.39. The Kier molecular flexibility index (Phi) is 4.33. The number of aryl methyl sites for hydroxylation is 1. The van der Waals surface area contributed by atoms with Gasteiger partial charge in [-0.2, -0.15) is 13.2 Å². The second kappa shape index (κ2) is 6.40. The monoisotopic (exact) mass is 369 g/mol. The van der Waals surface area contributed by atoms with E-state index in [1.165, 1.54) is 0 Å². The summed E-state index contributed by atoms with van der Waals surface area (Å²) >= 11 is 0. The molecule has 8 heteroatoms. The number of fused-ring (bicyclic) bond motifs is 1. The molecule has 0 bridgehead atoms. The fourth-order valence-corrected chi connectivity index (χ4v) is 3.88. The van der Waals surface area contributed by atoms with Crippen molar-refractivity contribution in [2.75, 3.05) is 24.6 Å². The normalized spacial score (nSPS) is 26.0. The highest BCUT2D eigenvalue weighted by molar-refractivity contribution is 5.98. The van der Waals surface area contributed by atoms with Crippen molar-refractivity contribution < 1.29 is 22.7 Å². The fraction of sp³-hybridized carbons (Fsp3) is 0.667. The number of halogens is 3. The van der Waals surface area contributed by atoms with Crippen LogP contribution in [0, 0.1) is 18.8 Å². The molecule has 1 saturated carbocycles. The third-order valence-corrected chi connectivity index (χ3v) is 5.56. The topological polar surface area (TPSA) is 54.5 Å². The largest absolute Gasteiger partial charge is 0.392 e. The number of alkyl halides is 3. The number of nitrogens with one attached hydrogen (secondary N) is 1. The van der Waals surface area contributed by atoms with Gasteiger partial charge in [0.25, 0.3) is 5.91 Å². The van der Waals surface area contributed by atoms with Crippen molar-refractivity contribution in [1.82, 2.24) is 10.3 Å². The van der Waals surface area contributed by atoms with Crippen LogP contribution in [0.3, 0.4) is 0 Å². The molecule has 0 spiro atoms. The number of ether oxygens (including phenoxy) is 1. The summed E-state index contributed by atoms with van der Waals surface area (Å²) in [6, 6.07) is 1.88. The van der Waals surface area contributed by atoms with Gasteiger partial charge in [0.15, 0.2) is 0 Å². The molecule has 1 saturated heterocycles. The molecule has 0 radical (unpaired) electrons. The maximum absolute atomic E-state index is 12.6. The van der Waals surface area contributed by atoms with Gasteiger partial charge >= 0.3 is 6.18 Å². The van der Waals surface area contributed by atoms with E-state index in [1.54, 1.807) is 0 Å². The minimum absolute atomic E-state index is 0.0127. The summed E-state index contributed by atoms with van der Waals surface area (Å²) in [4.78, 5) is 18.5. The summed E-state index contributed by atoms with van der Waals surface area (Å²) in [6.07, 6.45) is -2.31. The number of rotatable bonds is 4. The average Bonchev–Trinajstić information content (AvgIpc) is 3.32. The Bertz CT molecular complexity index is 714. The number of carbonyl (C=O) groups excluding carboxylic acids is 1. The van der Waals surface area contributed by atoms with E-state index in [9.17, 15) is 18.0 Å². The van der Waals surface area contributed by atoms with Crippen LogP contribution in [-0.4, -0.2) is 42.9 Å². The zero-order valence-corrected chi connectivity index (χ0v) is 14.6. The van der Waals surface area contributed by atoms with Gasteiger partial charge in [-0.3, -0.25) is 4.79 Å². The molecular formula is C18H22F3N3O2. The Morgan fingerprint density at radius 3 is 2.73 bits per heavy atom. The Morgan fingerprint density at radius 1 is 1.35 bits per heavy atom. The third kappa shape index (κ3) is 3.39. The third-order valence-electron chi connectivity index (χ3n) is 5.56. The predicted octanol–water partition coefficient (Wildman–Crippen LogP) is 2.82. The van der Waals surface area contributed by atoms with E-state index in [2.05, 4.69) is 15.2 Å². The van der Waals surface area contributed by atoms with Crippen LogP contribution in [0.25, 0.3) is 0 Å². The number of amides is 1. The van der Waals surface area contributed by atoms with Crippen LogP contribution in [0.15, 0.2) is 6.07 Å². The molecule has 4 rings (SSSR count). The summed E-state index contributed by atoms with van der Waals surface area (Å²) in [5.74, 6) is -0.722. The van der Waals surface area contributed by atoms with E-state index < -0.39 is 12.1 Å². The van der Waals surface area contributed by atoms with Crippen molar-refractivity contribution in [2.45, 2.75) is 45.0 Å². The highest BCUT2D eigenvalue weighted by atomic mass is 19.4. The zero-order valence-electron chi connectivity index (χ0n) is 14.6. The quantitative estimate of drug-likeness (QED) is 0.887. The Morgan fingerprint density at radius 2 is 2.08 bits per heavy atom. The lowest BCUT2D eigenvalue weighted by Gasteiger charge is -2.33. The van der Waals surface area contributed by atoms with Gasteiger partial charge in [-0.25, -0.2) is 4.98 Å². The smallest absolute Gasteiger partial charge is 0.378 e. The molecule has 5 nitrogen and oxygen atoms in total. The molecular weight excluding hydrogens is 347 g/mol. The van der Waals surface area contributed by atoms with Crippen molar-refractivity contribution in [2.24, 2.45) is 11.8 Å². The summed E-state index contributed by atoms with van der Waals surface area (Å²) < 4.78 is 43.4. The molecule has 1 N–H and O–H groups in total. The lowest BCUT2D eigenvalue weighted by atomic mass is 10.1. The van der Waals surface area contributed by atoms with Crippen molar-refractivity contribution in [3.8, 4) is 0 Å². The van der Waals surface area contributed by atoms with Gasteiger partial charge in [-0.05, 0) is 43.7 Å². The number of hydrogen-bond donors (Lipinski definition) is 1. The van der Waals surface area contributed by atoms with Crippen LogP contribution in [0.5, 0.6) is 0 Å². The lowest BCUT2D eigenvalue weighted by Crippen LogP contribution is -2.38. The van der Waals surface area contributed by atoms with Gasteiger partial charge < -0.3 is 15.0 Å². The SMILES string of the molecule is Cc1cc2c(nc1N1CCC(OC[C@H]3C[C@@H]3C(F)(F)F)CC1)CNC2=O. The van der Waals surface area contributed by atoms with E-state index in [-0.39, 0.29) is 31.0 Å². The number of hydrogen-bond acceptors (Lipinski definition) is 4. The summed E-state index contributed by atoms with van der Waals surface area (Å²) in [5, 5.41) is 2.78. The van der Waals surface area contributed by atoms with Crippen LogP contribution in [0.1, 0.15) is 40.9 Å². The molecule has 2 aliphatic heterocycles. The zero-order chi connectivity index (χ0) is 18.5. The van der Waals surface area contributed by atoms with Crippen molar-refractivity contribution in [3.05, 3.63) is 22.9 Å². The van der Waals surface area contributed by atoms with E-state index in [0.29, 0.717) is 12.1 Å². The molecule has 1 aromatic heterocycles. The molecule has 2 atom stereocenters. The number of anilines is 1. The molecule has 26 heavy (non-hydrogen) atoms. The molecule has 3 heterocycles. The minimum Gasteiger partial charge on any atom is -0.378 e. The maximum atomic E-state index is 12.6. The van der Waals surface area contributed by atoms with E-state index in [0.717, 1.165) is 43.0 Å². The van der Waals surface area contributed by atoms with E-state index in [4.69, 9.17) is 4.74 Å². The van der Waals surface area contributed by atoms with Crippen molar-refractivity contribution in [3.63, 3.8) is 0 Å². The average molecular weight is 369 g/mol. The van der Waals surface area contributed by atoms with E-state index >= 15 is 0 Å². The van der Waals surface area contributed by atoms with Crippen LogP contribution in [-0.2, 0) is 11.3 Å². The molecule has 2 fully saturated rings. The fourth-order valence-electron chi connectivity index (χ4n) is 3.88. The standard InChI is InChI=1S/C18H22F3N3O2/c1-10-6-13-15(8-22-17(13)25)23-16(10)24-4-2-12(3-5-24)26-9-11-7-14(11)18(19,20)21/h6,11-12,14H,2-5,7-9H2,1H3,(H,22,25)/t11-,14+/m1/s1. The van der Waals surface area contributed by atoms with Crippen LogP contribution < -0.4 is 10.2 Å². The van der Waals surface area contributed by atoms with Gasteiger partial charge in [0.05, 0.1) is 36.4 Å². The number of nitrogens with zero attached hydrogens (tertiary/aromatic N) is 2. The Labute approximate surface area is 149 Å². The second-order valence-corrected chi connectivity index (χ2v) is 7.47.